The highest BCUT2D eigenvalue weighted by atomic mass is 35.5. The standard InChI is InChI=1S/C18H19ClN4O2S/c1-24-16-6-3-2-5-15(16)17-21-22-18(23(17)20)26-12-4-11-25-14-9-7-13(19)8-10-14/h2-3,5-10H,4,11-12,20H2,1H3. The van der Waals surface area contributed by atoms with Crippen LogP contribution in [-0.4, -0.2) is 34.3 Å². The molecule has 0 saturated heterocycles. The molecule has 0 bridgehead atoms. The molecule has 0 atom stereocenters. The van der Waals surface area contributed by atoms with Gasteiger partial charge in [0.15, 0.2) is 5.82 Å². The van der Waals surface area contributed by atoms with Crippen LogP contribution in [0.5, 0.6) is 11.5 Å². The number of para-hydroxylation sites is 1. The Labute approximate surface area is 161 Å². The van der Waals surface area contributed by atoms with E-state index in [0.29, 0.717) is 28.4 Å². The van der Waals surface area contributed by atoms with Gasteiger partial charge in [-0.1, -0.05) is 35.5 Å². The Kier molecular flexibility index (Phi) is 6.25. The molecule has 6 nitrogen and oxygen atoms in total. The van der Waals surface area contributed by atoms with Crippen molar-refractivity contribution in [2.45, 2.75) is 11.6 Å². The molecule has 1 heterocycles. The maximum Gasteiger partial charge on any atom is 0.210 e. The summed E-state index contributed by atoms with van der Waals surface area (Å²) in [7, 11) is 1.62. The third-order valence-corrected chi connectivity index (χ3v) is 4.90. The number of thioether (sulfide) groups is 1. The van der Waals surface area contributed by atoms with Crippen LogP contribution in [0.15, 0.2) is 53.7 Å². The van der Waals surface area contributed by atoms with Gasteiger partial charge >= 0.3 is 0 Å². The Bertz CT molecular complexity index is 855. The highest BCUT2D eigenvalue weighted by Gasteiger charge is 2.15. The highest BCUT2D eigenvalue weighted by molar-refractivity contribution is 7.99. The lowest BCUT2D eigenvalue weighted by Gasteiger charge is -2.08. The molecule has 0 aliphatic carbocycles. The molecule has 0 saturated carbocycles. The number of nitrogens with zero attached hydrogens (tertiary/aromatic N) is 3. The van der Waals surface area contributed by atoms with E-state index in [4.69, 9.17) is 26.9 Å². The van der Waals surface area contributed by atoms with Gasteiger partial charge in [-0.25, -0.2) is 4.68 Å². The van der Waals surface area contributed by atoms with E-state index in [1.54, 1.807) is 7.11 Å². The minimum atomic E-state index is 0.572. The average Bonchev–Trinajstić information content (AvgIpc) is 3.03. The number of aromatic nitrogens is 3. The minimum Gasteiger partial charge on any atom is -0.496 e. The Hall–Kier alpha value is -2.38. The van der Waals surface area contributed by atoms with Crippen molar-refractivity contribution in [3.63, 3.8) is 0 Å². The first-order chi connectivity index (χ1) is 12.7. The van der Waals surface area contributed by atoms with E-state index in [9.17, 15) is 0 Å². The molecular weight excluding hydrogens is 372 g/mol. The summed E-state index contributed by atoms with van der Waals surface area (Å²) in [5.74, 6) is 9.05. The molecular formula is C18H19ClN4O2S. The zero-order chi connectivity index (χ0) is 18.4. The number of halogens is 1. The zero-order valence-electron chi connectivity index (χ0n) is 14.3. The topological polar surface area (TPSA) is 75.2 Å². The van der Waals surface area contributed by atoms with Crippen LogP contribution in [0.2, 0.25) is 5.02 Å². The maximum atomic E-state index is 6.15. The summed E-state index contributed by atoms with van der Waals surface area (Å²) in [4.78, 5) is 0. The molecule has 26 heavy (non-hydrogen) atoms. The first-order valence-electron chi connectivity index (χ1n) is 8.04. The van der Waals surface area contributed by atoms with Crippen LogP contribution in [0.1, 0.15) is 6.42 Å². The lowest BCUT2D eigenvalue weighted by Crippen LogP contribution is -2.12. The van der Waals surface area contributed by atoms with Gasteiger partial charge in [-0.3, -0.25) is 0 Å². The summed E-state index contributed by atoms with van der Waals surface area (Å²) in [6.45, 7) is 0.604. The number of nitrogen functional groups attached to an aromatic ring is 1. The number of benzene rings is 2. The van der Waals surface area contributed by atoms with Crippen molar-refractivity contribution in [3.8, 4) is 22.9 Å². The molecule has 0 unspecified atom stereocenters. The lowest BCUT2D eigenvalue weighted by atomic mass is 10.2. The van der Waals surface area contributed by atoms with Gasteiger partial charge in [0.05, 0.1) is 19.3 Å². The molecule has 0 amide bonds. The third-order valence-electron chi connectivity index (χ3n) is 3.61. The van der Waals surface area contributed by atoms with Crippen molar-refractivity contribution in [3.05, 3.63) is 53.6 Å². The van der Waals surface area contributed by atoms with Gasteiger partial charge < -0.3 is 15.3 Å². The average molecular weight is 391 g/mol. The minimum absolute atomic E-state index is 0.572. The van der Waals surface area contributed by atoms with Crippen molar-refractivity contribution < 1.29 is 9.47 Å². The number of rotatable bonds is 8. The smallest absolute Gasteiger partial charge is 0.210 e. The molecule has 0 spiro atoms. The largest absolute Gasteiger partial charge is 0.496 e. The van der Waals surface area contributed by atoms with E-state index in [-0.39, 0.29) is 0 Å². The molecule has 8 heteroatoms. The van der Waals surface area contributed by atoms with E-state index >= 15 is 0 Å². The number of hydrogen-bond donors (Lipinski definition) is 1. The van der Waals surface area contributed by atoms with E-state index in [2.05, 4.69) is 10.2 Å². The first-order valence-corrected chi connectivity index (χ1v) is 9.40. The lowest BCUT2D eigenvalue weighted by molar-refractivity contribution is 0.318. The SMILES string of the molecule is COc1ccccc1-c1nnc(SCCCOc2ccc(Cl)cc2)n1N. The van der Waals surface area contributed by atoms with Crippen molar-refractivity contribution in [2.75, 3.05) is 25.3 Å². The van der Waals surface area contributed by atoms with Crippen molar-refractivity contribution in [1.82, 2.24) is 14.9 Å². The molecule has 136 valence electrons. The van der Waals surface area contributed by atoms with E-state index in [1.165, 1.54) is 16.4 Å². The number of ether oxygens (including phenoxy) is 2. The summed E-state index contributed by atoms with van der Waals surface area (Å²) in [6.07, 6.45) is 0.851. The van der Waals surface area contributed by atoms with E-state index in [1.807, 2.05) is 48.5 Å². The van der Waals surface area contributed by atoms with Crippen LogP contribution in [-0.2, 0) is 0 Å². The van der Waals surface area contributed by atoms with E-state index in [0.717, 1.165) is 23.5 Å². The second-order valence-corrected chi connectivity index (χ2v) is 6.88. The van der Waals surface area contributed by atoms with Gasteiger partial charge in [0.25, 0.3) is 0 Å². The predicted octanol–water partition coefficient (Wildman–Crippen LogP) is 3.88. The van der Waals surface area contributed by atoms with Crippen LogP contribution in [0.25, 0.3) is 11.4 Å². The van der Waals surface area contributed by atoms with Crippen LogP contribution in [0, 0.1) is 0 Å². The normalized spacial score (nSPS) is 10.7. The summed E-state index contributed by atoms with van der Waals surface area (Å²) in [5.41, 5.74) is 0.808. The predicted molar refractivity (Wildman–Crippen MR) is 104 cm³/mol. The highest BCUT2D eigenvalue weighted by Crippen LogP contribution is 2.29. The second-order valence-electron chi connectivity index (χ2n) is 5.38. The molecule has 2 N–H and O–H groups in total. The molecule has 0 radical (unpaired) electrons. The van der Waals surface area contributed by atoms with Gasteiger partial charge in [0.1, 0.15) is 11.5 Å². The fraction of sp³-hybridized carbons (Fsp3) is 0.222. The van der Waals surface area contributed by atoms with Crippen molar-refractivity contribution >= 4 is 23.4 Å². The number of methoxy groups -OCH3 is 1. The Morgan fingerprint density at radius 2 is 1.88 bits per heavy atom. The molecule has 0 fully saturated rings. The van der Waals surface area contributed by atoms with Crippen LogP contribution in [0.4, 0.5) is 0 Å². The monoisotopic (exact) mass is 390 g/mol. The van der Waals surface area contributed by atoms with Gasteiger partial charge in [-0.05, 0) is 42.8 Å². The summed E-state index contributed by atoms with van der Waals surface area (Å²) < 4.78 is 12.5. The number of hydrogen-bond acceptors (Lipinski definition) is 6. The second kappa shape index (κ2) is 8.82. The zero-order valence-corrected chi connectivity index (χ0v) is 15.8. The van der Waals surface area contributed by atoms with Gasteiger partial charge in [-0.15, -0.1) is 10.2 Å². The van der Waals surface area contributed by atoms with Crippen LogP contribution < -0.4 is 15.3 Å². The molecule has 3 rings (SSSR count). The van der Waals surface area contributed by atoms with Crippen LogP contribution in [0.3, 0.4) is 0 Å². The number of nitrogens with two attached hydrogens (primary N) is 1. The molecule has 0 aliphatic rings. The molecule has 2 aromatic carbocycles. The van der Waals surface area contributed by atoms with Crippen molar-refractivity contribution in [1.29, 1.82) is 0 Å². The quantitative estimate of drug-likeness (QED) is 0.357. The van der Waals surface area contributed by atoms with Crippen LogP contribution >= 0.6 is 23.4 Å². The fourth-order valence-corrected chi connectivity index (χ4v) is 3.23. The van der Waals surface area contributed by atoms with E-state index < -0.39 is 0 Å². The Morgan fingerprint density at radius 1 is 1.12 bits per heavy atom. The maximum absolute atomic E-state index is 6.15. The summed E-state index contributed by atoms with van der Waals surface area (Å²) in [5, 5.41) is 9.71. The van der Waals surface area contributed by atoms with Gasteiger partial charge in [0.2, 0.25) is 5.16 Å². The summed E-state index contributed by atoms with van der Waals surface area (Å²) in [6, 6.07) is 14.9. The van der Waals surface area contributed by atoms with Gasteiger partial charge in [0, 0.05) is 10.8 Å². The summed E-state index contributed by atoms with van der Waals surface area (Å²) >= 11 is 7.39. The molecule has 3 aromatic rings. The molecule has 1 aromatic heterocycles. The van der Waals surface area contributed by atoms with Gasteiger partial charge in [-0.2, -0.15) is 0 Å². The first kappa shape index (κ1) is 18.4. The fourth-order valence-electron chi connectivity index (χ4n) is 2.33. The Morgan fingerprint density at radius 3 is 2.65 bits per heavy atom. The Balaban J connectivity index is 1.53. The van der Waals surface area contributed by atoms with Crippen molar-refractivity contribution in [2.24, 2.45) is 0 Å². The molecule has 0 aliphatic heterocycles. The third kappa shape index (κ3) is 4.42.